The lowest BCUT2D eigenvalue weighted by Crippen LogP contribution is -2.44. The van der Waals surface area contributed by atoms with Crippen LogP contribution in [0.3, 0.4) is 0 Å². The molecule has 0 spiro atoms. The van der Waals surface area contributed by atoms with Crippen LogP contribution in [0.4, 0.5) is 0 Å². The molecule has 0 atom stereocenters. The molecule has 1 aromatic rings. The van der Waals surface area contributed by atoms with Crippen LogP contribution in [0.1, 0.15) is 92.8 Å². The van der Waals surface area contributed by atoms with E-state index < -0.39 is 0 Å². The number of rotatable bonds is 2. The summed E-state index contributed by atoms with van der Waals surface area (Å²) in [6.07, 6.45) is 18.8. The van der Waals surface area contributed by atoms with Crippen molar-refractivity contribution in [3.05, 3.63) is 93.0 Å². The van der Waals surface area contributed by atoms with Crippen molar-refractivity contribution in [3.63, 3.8) is 0 Å². The van der Waals surface area contributed by atoms with Crippen LogP contribution in [0.2, 0.25) is 0 Å². The molecule has 0 unspecified atom stereocenters. The van der Waals surface area contributed by atoms with E-state index in [0.717, 1.165) is 22.8 Å². The summed E-state index contributed by atoms with van der Waals surface area (Å²) in [6.45, 7) is 28.1. The highest BCUT2D eigenvalue weighted by Gasteiger charge is 2.50. The molecule has 0 bridgehead atoms. The Morgan fingerprint density at radius 3 is 1.18 bits per heavy atom. The van der Waals surface area contributed by atoms with Gasteiger partial charge in [0, 0.05) is 22.0 Å². The first kappa shape index (κ1) is 28.0. The van der Waals surface area contributed by atoms with Crippen molar-refractivity contribution < 1.29 is 0 Å². The van der Waals surface area contributed by atoms with Crippen molar-refractivity contribution in [1.29, 1.82) is 0 Å². The minimum atomic E-state index is -0.0656. The molecular weight excluding hydrogens is 492 g/mol. The first-order valence-corrected chi connectivity index (χ1v) is 15.2. The Labute approximate surface area is 240 Å². The quantitative estimate of drug-likeness (QED) is 0.358. The van der Waals surface area contributed by atoms with Crippen LogP contribution in [0.15, 0.2) is 93.3 Å². The zero-order chi connectivity index (χ0) is 28.8. The standard InChI is InChI=1S/C36H46N2S/c1-31(2,3)35(32(4,5)6)17-15-23-19-25(37-27(23)21-35)29-13-14-30(39-29)26-20-24-16-18-36(33(7,8)9,34(10,11)12)22-28(24)38-26/h13-22H,1-12H3. The first-order chi connectivity index (χ1) is 17.8. The number of nitrogens with zero attached hydrogens (tertiary/aromatic N) is 2. The summed E-state index contributed by atoms with van der Waals surface area (Å²) in [6, 6.07) is 4.42. The van der Waals surface area contributed by atoms with Crippen molar-refractivity contribution in [2.45, 2.75) is 83.1 Å². The molecule has 3 heterocycles. The lowest BCUT2D eigenvalue weighted by atomic mass is 9.52. The van der Waals surface area contributed by atoms with Gasteiger partial charge in [-0.3, -0.25) is 0 Å². The molecule has 0 N–H and O–H groups in total. The Morgan fingerprint density at radius 1 is 0.538 bits per heavy atom. The topological polar surface area (TPSA) is 24.7 Å². The fourth-order valence-electron chi connectivity index (χ4n) is 7.35. The largest absolute Gasteiger partial charge is 0.247 e. The van der Waals surface area contributed by atoms with E-state index >= 15 is 0 Å². The third-order valence-electron chi connectivity index (χ3n) is 9.51. The van der Waals surface area contributed by atoms with Crippen molar-refractivity contribution in [1.82, 2.24) is 0 Å². The summed E-state index contributed by atoms with van der Waals surface area (Å²) in [4.78, 5) is 12.7. The van der Waals surface area contributed by atoms with Crippen molar-refractivity contribution >= 4 is 22.8 Å². The van der Waals surface area contributed by atoms with Gasteiger partial charge in [-0.2, -0.15) is 0 Å². The van der Waals surface area contributed by atoms with E-state index in [-0.39, 0.29) is 32.5 Å². The van der Waals surface area contributed by atoms with Gasteiger partial charge in [0.1, 0.15) is 0 Å². The molecule has 2 nitrogen and oxygen atoms in total. The van der Waals surface area contributed by atoms with Gasteiger partial charge in [-0.25, -0.2) is 9.98 Å². The van der Waals surface area contributed by atoms with Crippen molar-refractivity contribution in [2.24, 2.45) is 42.5 Å². The summed E-state index contributed by atoms with van der Waals surface area (Å²) in [5.74, 6) is 0. The summed E-state index contributed by atoms with van der Waals surface area (Å²) in [7, 11) is 0. The maximum atomic E-state index is 5.15. The predicted molar refractivity (Wildman–Crippen MR) is 171 cm³/mol. The van der Waals surface area contributed by atoms with E-state index in [1.54, 1.807) is 11.3 Å². The Morgan fingerprint density at radius 2 is 0.872 bits per heavy atom. The normalized spacial score (nSPS) is 21.9. The second-order valence-electron chi connectivity index (χ2n) is 15.8. The van der Waals surface area contributed by atoms with Crippen LogP contribution >= 0.6 is 11.3 Å². The molecule has 206 valence electrons. The summed E-state index contributed by atoms with van der Waals surface area (Å²) in [5.41, 5.74) is 6.95. The average Bonchev–Trinajstić information content (AvgIpc) is 3.51. The highest BCUT2D eigenvalue weighted by Crippen LogP contribution is 2.58. The minimum Gasteiger partial charge on any atom is -0.247 e. The second-order valence-corrected chi connectivity index (χ2v) is 16.9. The number of allylic oxidation sites excluding steroid dienone is 8. The van der Waals surface area contributed by atoms with E-state index in [0.29, 0.717) is 0 Å². The maximum Gasteiger partial charge on any atom is 0.0816 e. The van der Waals surface area contributed by atoms with Gasteiger partial charge >= 0.3 is 0 Å². The number of aliphatic imine (C=N–C) groups is 2. The van der Waals surface area contributed by atoms with Gasteiger partial charge < -0.3 is 0 Å². The highest BCUT2D eigenvalue weighted by atomic mass is 32.1. The molecule has 0 aromatic carbocycles. The van der Waals surface area contributed by atoms with Gasteiger partial charge in [-0.05, 0) is 58.1 Å². The number of fused-ring (bicyclic) bond motifs is 2. The fourth-order valence-corrected chi connectivity index (χ4v) is 8.27. The van der Waals surface area contributed by atoms with E-state index in [9.17, 15) is 0 Å². The van der Waals surface area contributed by atoms with E-state index in [1.807, 2.05) is 0 Å². The second kappa shape index (κ2) is 8.49. The van der Waals surface area contributed by atoms with Crippen LogP contribution < -0.4 is 0 Å². The monoisotopic (exact) mass is 538 g/mol. The van der Waals surface area contributed by atoms with Crippen molar-refractivity contribution in [2.75, 3.05) is 0 Å². The zero-order valence-corrected chi connectivity index (χ0v) is 26.9. The summed E-state index contributed by atoms with van der Waals surface area (Å²) in [5, 5.41) is 0. The minimum absolute atomic E-state index is 0.0656. The van der Waals surface area contributed by atoms with Gasteiger partial charge in [-0.15, -0.1) is 11.3 Å². The molecule has 39 heavy (non-hydrogen) atoms. The Kier molecular flexibility index (Phi) is 6.10. The summed E-state index contributed by atoms with van der Waals surface area (Å²) < 4.78 is 0. The number of hydrogen-bond donors (Lipinski definition) is 0. The van der Waals surface area contributed by atoms with Crippen molar-refractivity contribution in [3.8, 4) is 0 Å². The molecule has 2 aliphatic heterocycles. The van der Waals surface area contributed by atoms with Gasteiger partial charge in [0.2, 0.25) is 0 Å². The smallest absolute Gasteiger partial charge is 0.0816 e. The summed E-state index contributed by atoms with van der Waals surface area (Å²) >= 11 is 1.79. The molecule has 3 heteroatoms. The van der Waals surface area contributed by atoms with Crippen LogP contribution in [0.25, 0.3) is 0 Å². The van der Waals surface area contributed by atoms with E-state index in [4.69, 9.17) is 9.98 Å². The average molecular weight is 539 g/mol. The maximum absolute atomic E-state index is 5.15. The zero-order valence-electron chi connectivity index (χ0n) is 26.1. The molecule has 0 saturated carbocycles. The Bertz CT molecular complexity index is 1320. The molecule has 5 rings (SSSR count). The predicted octanol–water partition coefficient (Wildman–Crippen LogP) is 10.3. The lowest BCUT2D eigenvalue weighted by Gasteiger charge is -2.51. The number of hydrogen-bond acceptors (Lipinski definition) is 3. The molecule has 0 radical (unpaired) electrons. The van der Waals surface area contributed by atoms with E-state index in [1.165, 1.54) is 20.9 Å². The molecule has 1 aromatic heterocycles. The third kappa shape index (κ3) is 4.27. The van der Waals surface area contributed by atoms with Crippen LogP contribution in [-0.2, 0) is 0 Å². The van der Waals surface area contributed by atoms with Crippen LogP contribution in [-0.4, -0.2) is 11.4 Å². The third-order valence-corrected chi connectivity index (χ3v) is 10.6. The Hall–Kier alpha value is -2.52. The van der Waals surface area contributed by atoms with Gasteiger partial charge in [0.15, 0.2) is 0 Å². The van der Waals surface area contributed by atoms with Crippen LogP contribution in [0, 0.1) is 32.5 Å². The number of thiophene rings is 1. The van der Waals surface area contributed by atoms with Gasteiger partial charge in [0.25, 0.3) is 0 Å². The lowest BCUT2D eigenvalue weighted by molar-refractivity contribution is 0.0652. The molecule has 0 saturated heterocycles. The Balaban J connectivity index is 1.48. The van der Waals surface area contributed by atoms with Crippen LogP contribution in [0.5, 0.6) is 0 Å². The van der Waals surface area contributed by atoms with Gasteiger partial charge in [-0.1, -0.05) is 107 Å². The molecular formula is C36H46N2S. The SMILES string of the molecule is CC(C)(C)C1(C(C)(C)C)C=CC2=CC(c3ccc(C4=NC5=CC(C(C)(C)C)(C(C)(C)C)C=CC5=C4)s3)=NC2=C1. The van der Waals surface area contributed by atoms with E-state index in [2.05, 4.69) is 144 Å². The molecule has 0 fully saturated rings. The first-order valence-electron chi connectivity index (χ1n) is 14.3. The molecule has 0 amide bonds. The van der Waals surface area contributed by atoms with Gasteiger partial charge in [0.05, 0.1) is 32.6 Å². The highest BCUT2D eigenvalue weighted by molar-refractivity contribution is 7.16. The molecule has 4 aliphatic rings. The fraction of sp³-hybridized carbons (Fsp3) is 0.500. The molecule has 2 aliphatic carbocycles.